The van der Waals surface area contributed by atoms with Crippen molar-refractivity contribution in [3.63, 3.8) is 0 Å². The van der Waals surface area contributed by atoms with Gasteiger partial charge < -0.3 is 5.11 Å². The zero-order valence-electron chi connectivity index (χ0n) is 12.9. The van der Waals surface area contributed by atoms with Crippen molar-refractivity contribution >= 4 is 56.4 Å². The molecule has 136 valence electrons. The highest BCUT2D eigenvalue weighted by atomic mass is 35.5. The first kappa shape index (κ1) is 19.9. The molecule has 0 radical (unpaired) electrons. The number of ketones is 2. The second-order valence-corrected chi connectivity index (χ2v) is 7.58. The number of carboxylic acid groups (broad SMARTS) is 1. The molecule has 0 fully saturated rings. The molecule has 10 heteroatoms. The fourth-order valence-corrected chi connectivity index (χ4v) is 3.81. The van der Waals surface area contributed by atoms with Crippen LogP contribution < -0.4 is 4.72 Å². The van der Waals surface area contributed by atoms with E-state index < -0.39 is 34.0 Å². The molecule has 2 rings (SSSR count). The Labute approximate surface area is 158 Å². The smallest absolute Gasteiger partial charge is 0.372 e. The molecule has 0 heterocycles. The average molecular weight is 416 g/mol. The molecule has 7 nitrogen and oxygen atoms in total. The Bertz CT molecular complexity index is 1000. The summed E-state index contributed by atoms with van der Waals surface area (Å²) in [6, 6.07) is 9.17. The van der Waals surface area contributed by atoms with Gasteiger partial charge in [0.05, 0.1) is 11.4 Å². The predicted octanol–water partition coefficient (Wildman–Crippen LogP) is 3.02. The van der Waals surface area contributed by atoms with E-state index in [9.17, 15) is 22.8 Å². The van der Waals surface area contributed by atoms with Crippen molar-refractivity contribution in [1.82, 2.24) is 0 Å². The first-order valence-corrected chi connectivity index (χ1v) is 9.21. The number of hydrogen-bond acceptors (Lipinski definition) is 5. The molecule has 0 saturated carbocycles. The predicted molar refractivity (Wildman–Crippen MR) is 95.3 cm³/mol. The maximum Gasteiger partial charge on any atom is 0.372 e. The molecule has 0 aliphatic heterocycles. The van der Waals surface area contributed by atoms with Crippen LogP contribution in [-0.4, -0.2) is 31.1 Å². The number of anilines is 1. The van der Waals surface area contributed by atoms with Gasteiger partial charge in [-0.05, 0) is 30.3 Å². The number of rotatable bonds is 7. The number of benzene rings is 2. The summed E-state index contributed by atoms with van der Waals surface area (Å²) in [5.74, 6) is -3.72. The van der Waals surface area contributed by atoms with Crippen LogP contribution in [-0.2, 0) is 19.6 Å². The van der Waals surface area contributed by atoms with E-state index >= 15 is 0 Å². The third-order valence-electron chi connectivity index (χ3n) is 3.18. The molecule has 2 aromatic rings. The van der Waals surface area contributed by atoms with Crippen LogP contribution in [0, 0.1) is 0 Å². The van der Waals surface area contributed by atoms with Gasteiger partial charge in [0, 0.05) is 16.3 Å². The van der Waals surface area contributed by atoms with Gasteiger partial charge in [-0.1, -0.05) is 35.3 Å². The molecule has 2 aromatic carbocycles. The monoisotopic (exact) mass is 415 g/mol. The molecule has 0 atom stereocenters. The van der Waals surface area contributed by atoms with E-state index in [0.717, 1.165) is 0 Å². The minimum Gasteiger partial charge on any atom is -0.475 e. The normalized spacial score (nSPS) is 11.0. The van der Waals surface area contributed by atoms with Gasteiger partial charge in [-0.3, -0.25) is 14.3 Å². The van der Waals surface area contributed by atoms with Crippen LogP contribution in [0.15, 0.2) is 47.4 Å². The number of aliphatic carboxylic acids is 1. The molecule has 0 aliphatic carbocycles. The number of carbonyl (C=O) groups excluding carboxylic acids is 2. The quantitative estimate of drug-likeness (QED) is 0.407. The Morgan fingerprint density at radius 1 is 1.04 bits per heavy atom. The maximum absolute atomic E-state index is 12.4. The molecule has 2 N–H and O–H groups in total. The van der Waals surface area contributed by atoms with Crippen LogP contribution >= 0.6 is 23.2 Å². The summed E-state index contributed by atoms with van der Waals surface area (Å²) in [6.07, 6.45) is -0.825. The van der Waals surface area contributed by atoms with Crippen molar-refractivity contribution in [3.8, 4) is 0 Å². The largest absolute Gasteiger partial charge is 0.475 e. The van der Waals surface area contributed by atoms with Crippen LogP contribution in [0.25, 0.3) is 0 Å². The van der Waals surface area contributed by atoms with Gasteiger partial charge in [0.1, 0.15) is 4.90 Å². The highest BCUT2D eigenvalue weighted by Crippen LogP contribution is 2.27. The second kappa shape index (κ2) is 7.86. The van der Waals surface area contributed by atoms with Crippen LogP contribution in [0.2, 0.25) is 10.0 Å². The van der Waals surface area contributed by atoms with Crippen molar-refractivity contribution in [2.75, 3.05) is 4.72 Å². The van der Waals surface area contributed by atoms with Crippen molar-refractivity contribution < 1.29 is 27.9 Å². The number of sulfonamides is 1. The van der Waals surface area contributed by atoms with Gasteiger partial charge in [-0.25, -0.2) is 13.2 Å². The van der Waals surface area contributed by atoms with Crippen LogP contribution in [0.4, 0.5) is 5.69 Å². The summed E-state index contributed by atoms with van der Waals surface area (Å²) < 4.78 is 27.1. The molecule has 0 amide bonds. The van der Waals surface area contributed by atoms with E-state index in [1.165, 1.54) is 42.5 Å². The summed E-state index contributed by atoms with van der Waals surface area (Å²) in [7, 11) is -4.05. The van der Waals surface area contributed by atoms with E-state index in [1.807, 2.05) is 0 Å². The standard InChI is InChI=1S/C16H11Cl2NO6S/c17-10-4-5-15(12(18)7-10)26(24,25)19-11-3-1-2-9(6-11)13(20)8-14(21)16(22)23/h1-7,19H,8H2,(H,22,23). The van der Waals surface area contributed by atoms with Crippen LogP contribution in [0.1, 0.15) is 16.8 Å². The van der Waals surface area contributed by atoms with Gasteiger partial charge in [0.25, 0.3) is 10.0 Å². The Morgan fingerprint density at radius 2 is 1.73 bits per heavy atom. The van der Waals surface area contributed by atoms with Crippen molar-refractivity contribution in [3.05, 3.63) is 58.1 Å². The number of carboxylic acids is 1. The molecule has 0 aliphatic rings. The van der Waals surface area contributed by atoms with Gasteiger partial charge in [-0.15, -0.1) is 0 Å². The third kappa shape index (κ3) is 4.81. The molecular weight excluding hydrogens is 405 g/mol. The maximum atomic E-state index is 12.4. The van der Waals surface area contributed by atoms with Gasteiger partial charge in [0.15, 0.2) is 5.78 Å². The fourth-order valence-electron chi connectivity index (χ4n) is 1.98. The van der Waals surface area contributed by atoms with E-state index in [0.29, 0.717) is 0 Å². The molecule has 26 heavy (non-hydrogen) atoms. The number of hydrogen-bond donors (Lipinski definition) is 2. The van der Waals surface area contributed by atoms with E-state index in [2.05, 4.69) is 4.72 Å². The molecular formula is C16H11Cl2NO6S. The minimum atomic E-state index is -4.05. The first-order valence-electron chi connectivity index (χ1n) is 6.97. The van der Waals surface area contributed by atoms with E-state index in [4.69, 9.17) is 28.3 Å². The summed E-state index contributed by atoms with van der Waals surface area (Å²) >= 11 is 11.6. The number of halogens is 2. The van der Waals surface area contributed by atoms with Crippen LogP contribution in [0.3, 0.4) is 0 Å². The molecule has 0 spiro atoms. The highest BCUT2D eigenvalue weighted by Gasteiger charge is 2.20. The fraction of sp³-hybridized carbons (Fsp3) is 0.0625. The minimum absolute atomic E-state index is 0.0120. The second-order valence-electron chi connectivity index (χ2n) is 5.09. The highest BCUT2D eigenvalue weighted by molar-refractivity contribution is 7.92. The zero-order chi connectivity index (χ0) is 19.5. The summed E-state index contributed by atoms with van der Waals surface area (Å²) in [5, 5.41) is 8.73. The van der Waals surface area contributed by atoms with Crippen LogP contribution in [0.5, 0.6) is 0 Å². The lowest BCUT2D eigenvalue weighted by Gasteiger charge is -2.10. The molecule has 0 saturated heterocycles. The van der Waals surface area contributed by atoms with E-state index in [-0.39, 0.29) is 26.2 Å². The Morgan fingerprint density at radius 3 is 2.35 bits per heavy atom. The lowest BCUT2D eigenvalue weighted by Crippen LogP contribution is -2.17. The van der Waals surface area contributed by atoms with Gasteiger partial charge in [0.2, 0.25) is 5.78 Å². The SMILES string of the molecule is O=C(O)C(=O)CC(=O)c1cccc(NS(=O)(=O)c2ccc(Cl)cc2Cl)c1. The topological polar surface area (TPSA) is 118 Å². The summed E-state index contributed by atoms with van der Waals surface area (Å²) in [5.41, 5.74) is 0.0339. The molecule has 0 unspecified atom stereocenters. The first-order chi connectivity index (χ1) is 12.1. The van der Waals surface area contributed by atoms with Gasteiger partial charge in [-0.2, -0.15) is 0 Å². The number of carbonyl (C=O) groups is 3. The summed E-state index contributed by atoms with van der Waals surface area (Å²) in [4.78, 5) is 33.4. The molecule has 0 bridgehead atoms. The van der Waals surface area contributed by atoms with Crippen molar-refractivity contribution in [2.45, 2.75) is 11.3 Å². The summed E-state index contributed by atoms with van der Waals surface area (Å²) in [6.45, 7) is 0. The van der Waals surface area contributed by atoms with Gasteiger partial charge >= 0.3 is 5.97 Å². The lowest BCUT2D eigenvalue weighted by molar-refractivity contribution is -0.148. The Balaban J connectivity index is 2.26. The van der Waals surface area contributed by atoms with E-state index in [1.54, 1.807) is 0 Å². The Hall–Kier alpha value is -2.42. The molecule has 0 aromatic heterocycles. The number of Topliss-reactive ketones (excluding diaryl/α,β-unsaturated/α-hetero) is 2. The zero-order valence-corrected chi connectivity index (χ0v) is 15.2. The number of nitrogens with one attached hydrogen (secondary N) is 1. The van der Waals surface area contributed by atoms with Crippen molar-refractivity contribution in [2.24, 2.45) is 0 Å². The Kier molecular flexibility index (Phi) is 6.01. The third-order valence-corrected chi connectivity index (χ3v) is 5.28. The van der Waals surface area contributed by atoms with Crippen molar-refractivity contribution in [1.29, 1.82) is 0 Å². The lowest BCUT2D eigenvalue weighted by atomic mass is 10.1. The average Bonchev–Trinajstić information content (AvgIpc) is 2.54.